The van der Waals surface area contributed by atoms with Crippen molar-refractivity contribution in [2.45, 2.75) is 13.0 Å². The molecule has 0 radical (unpaired) electrons. The highest BCUT2D eigenvalue weighted by molar-refractivity contribution is 9.10. The van der Waals surface area contributed by atoms with Crippen molar-refractivity contribution in [2.24, 2.45) is 0 Å². The molecule has 1 N–H and O–H groups in total. The highest BCUT2D eigenvalue weighted by Crippen LogP contribution is 2.29. The van der Waals surface area contributed by atoms with Gasteiger partial charge in [-0.15, -0.1) is 0 Å². The van der Waals surface area contributed by atoms with Gasteiger partial charge in [-0.1, -0.05) is 11.6 Å². The van der Waals surface area contributed by atoms with Crippen LogP contribution in [0.25, 0.3) is 0 Å². The van der Waals surface area contributed by atoms with Gasteiger partial charge in [-0.2, -0.15) is 0 Å². The molecule has 0 saturated carbocycles. The van der Waals surface area contributed by atoms with Crippen LogP contribution in [0, 0.1) is 0 Å². The maximum atomic E-state index is 12.0. The number of amides is 3. The number of benzene rings is 1. The van der Waals surface area contributed by atoms with Gasteiger partial charge in [0.2, 0.25) is 0 Å². The van der Waals surface area contributed by atoms with E-state index in [9.17, 15) is 9.59 Å². The Morgan fingerprint density at radius 3 is 2.89 bits per heavy atom. The van der Waals surface area contributed by atoms with Crippen LogP contribution >= 0.6 is 27.5 Å². The van der Waals surface area contributed by atoms with Gasteiger partial charge in [0, 0.05) is 18.1 Å². The van der Waals surface area contributed by atoms with Crippen LogP contribution in [0.15, 0.2) is 22.7 Å². The third-order valence-electron chi connectivity index (χ3n) is 2.67. The topological polar surface area (TPSA) is 58.6 Å². The van der Waals surface area contributed by atoms with E-state index in [1.807, 2.05) is 0 Å². The summed E-state index contributed by atoms with van der Waals surface area (Å²) in [4.78, 5) is 24.6. The van der Waals surface area contributed by atoms with Gasteiger partial charge in [-0.05, 0) is 41.1 Å². The number of hydrogen-bond donors (Lipinski definition) is 1. The maximum Gasteiger partial charge on any atom is 0.324 e. The predicted molar refractivity (Wildman–Crippen MR) is 74.4 cm³/mol. The summed E-state index contributed by atoms with van der Waals surface area (Å²) in [6.45, 7) is 2.45. The summed E-state index contributed by atoms with van der Waals surface area (Å²) in [6, 6.07) is 4.63. The van der Waals surface area contributed by atoms with Crippen LogP contribution in [-0.4, -0.2) is 36.0 Å². The zero-order valence-corrected chi connectivity index (χ0v) is 12.5. The number of hydrogen-bond acceptors (Lipinski definition) is 3. The molecule has 1 heterocycles. The minimum absolute atomic E-state index is 0.364. The molecule has 19 heavy (non-hydrogen) atoms. The van der Waals surface area contributed by atoms with E-state index < -0.39 is 6.10 Å². The van der Waals surface area contributed by atoms with Gasteiger partial charge in [-0.25, -0.2) is 4.79 Å². The molecule has 0 bridgehead atoms. The SMILES string of the molecule is C[C@@H](Oc1ccc(Cl)cc1Br)C(=O)N1CCNC1=O. The lowest BCUT2D eigenvalue weighted by atomic mass is 10.3. The lowest BCUT2D eigenvalue weighted by Crippen LogP contribution is -2.42. The minimum Gasteiger partial charge on any atom is -0.480 e. The molecular weight excluding hydrogens is 336 g/mol. The molecule has 1 fully saturated rings. The fourth-order valence-electron chi connectivity index (χ4n) is 1.71. The molecular formula is C12H12BrClN2O3. The van der Waals surface area contributed by atoms with Crippen molar-refractivity contribution in [1.82, 2.24) is 10.2 Å². The van der Waals surface area contributed by atoms with Crippen LogP contribution in [0.2, 0.25) is 5.02 Å². The lowest BCUT2D eigenvalue weighted by molar-refractivity contribution is -0.134. The van der Waals surface area contributed by atoms with Crippen molar-refractivity contribution in [3.63, 3.8) is 0 Å². The largest absolute Gasteiger partial charge is 0.480 e. The average Bonchev–Trinajstić information content (AvgIpc) is 2.78. The van der Waals surface area contributed by atoms with Crippen LogP contribution in [0.4, 0.5) is 4.79 Å². The smallest absolute Gasteiger partial charge is 0.324 e. The third kappa shape index (κ3) is 3.19. The molecule has 0 aromatic heterocycles. The quantitative estimate of drug-likeness (QED) is 0.913. The van der Waals surface area contributed by atoms with E-state index in [-0.39, 0.29) is 11.9 Å². The number of rotatable bonds is 3. The van der Waals surface area contributed by atoms with Crippen LogP contribution in [0.1, 0.15) is 6.92 Å². The Kier molecular flexibility index (Phi) is 4.31. The summed E-state index contributed by atoms with van der Waals surface area (Å²) in [6.07, 6.45) is -0.749. The number of nitrogens with zero attached hydrogens (tertiary/aromatic N) is 1. The molecule has 3 amide bonds. The lowest BCUT2D eigenvalue weighted by Gasteiger charge is -2.19. The number of nitrogens with one attached hydrogen (secondary N) is 1. The molecule has 0 aliphatic carbocycles. The second kappa shape index (κ2) is 5.79. The highest BCUT2D eigenvalue weighted by atomic mass is 79.9. The first kappa shape index (κ1) is 14.1. The Balaban J connectivity index is 2.06. The standard InChI is InChI=1S/C12H12BrClN2O3/c1-7(11(17)16-5-4-15-12(16)18)19-10-3-2-8(14)6-9(10)13/h2-3,6-7H,4-5H2,1H3,(H,15,18)/t7-/m1/s1. The van der Waals surface area contributed by atoms with Crippen molar-refractivity contribution < 1.29 is 14.3 Å². The van der Waals surface area contributed by atoms with Crippen molar-refractivity contribution in [3.05, 3.63) is 27.7 Å². The fraction of sp³-hybridized carbons (Fsp3) is 0.333. The van der Waals surface area contributed by atoms with Gasteiger partial charge in [0.15, 0.2) is 6.10 Å². The molecule has 0 unspecified atom stereocenters. The van der Waals surface area contributed by atoms with Gasteiger partial charge in [0.25, 0.3) is 5.91 Å². The molecule has 7 heteroatoms. The second-order valence-electron chi connectivity index (χ2n) is 4.06. The molecule has 1 atom stereocenters. The molecule has 0 spiro atoms. The summed E-state index contributed by atoms with van der Waals surface area (Å²) in [5.41, 5.74) is 0. The number of imide groups is 1. The summed E-state index contributed by atoms with van der Waals surface area (Å²) in [5, 5.41) is 3.14. The first-order chi connectivity index (χ1) is 8.99. The van der Waals surface area contributed by atoms with E-state index >= 15 is 0 Å². The van der Waals surface area contributed by atoms with Crippen molar-refractivity contribution in [3.8, 4) is 5.75 Å². The minimum atomic E-state index is -0.749. The van der Waals surface area contributed by atoms with E-state index in [4.69, 9.17) is 16.3 Å². The molecule has 1 aliphatic rings. The Hall–Kier alpha value is -1.27. The maximum absolute atomic E-state index is 12.0. The van der Waals surface area contributed by atoms with E-state index in [1.54, 1.807) is 25.1 Å². The molecule has 5 nitrogen and oxygen atoms in total. The predicted octanol–water partition coefficient (Wildman–Crippen LogP) is 2.42. The highest BCUT2D eigenvalue weighted by Gasteiger charge is 2.30. The normalized spacial score (nSPS) is 16.2. The first-order valence-electron chi connectivity index (χ1n) is 5.70. The van der Waals surface area contributed by atoms with Gasteiger partial charge in [0.1, 0.15) is 5.75 Å². The zero-order chi connectivity index (χ0) is 14.0. The monoisotopic (exact) mass is 346 g/mol. The number of ether oxygens (including phenoxy) is 1. The summed E-state index contributed by atoms with van der Waals surface area (Å²) in [5.74, 6) is 0.140. The number of carbonyl (C=O) groups is 2. The molecule has 1 aliphatic heterocycles. The van der Waals surface area contributed by atoms with Gasteiger partial charge < -0.3 is 10.1 Å². The van der Waals surface area contributed by atoms with Crippen molar-refractivity contribution in [2.75, 3.05) is 13.1 Å². The Morgan fingerprint density at radius 1 is 1.58 bits per heavy atom. The number of urea groups is 1. The van der Waals surface area contributed by atoms with Gasteiger partial charge in [0.05, 0.1) is 4.47 Å². The van der Waals surface area contributed by atoms with Gasteiger partial charge in [-0.3, -0.25) is 9.69 Å². The second-order valence-corrected chi connectivity index (χ2v) is 5.35. The summed E-state index contributed by atoms with van der Waals surface area (Å²) in [7, 11) is 0. The average molecular weight is 348 g/mol. The van der Waals surface area contributed by atoms with Crippen LogP contribution in [0.5, 0.6) is 5.75 Å². The van der Waals surface area contributed by atoms with E-state index in [0.29, 0.717) is 28.3 Å². The summed E-state index contributed by atoms with van der Waals surface area (Å²) < 4.78 is 6.20. The molecule has 1 aromatic rings. The summed E-state index contributed by atoms with van der Waals surface area (Å²) >= 11 is 9.13. The molecule has 1 aromatic carbocycles. The third-order valence-corrected chi connectivity index (χ3v) is 3.52. The number of halogens is 2. The van der Waals surface area contributed by atoms with Crippen LogP contribution in [-0.2, 0) is 4.79 Å². The Morgan fingerprint density at radius 2 is 2.32 bits per heavy atom. The van der Waals surface area contributed by atoms with Crippen LogP contribution < -0.4 is 10.1 Å². The first-order valence-corrected chi connectivity index (χ1v) is 6.87. The Labute approximate surface area is 124 Å². The van der Waals surface area contributed by atoms with Crippen LogP contribution in [0.3, 0.4) is 0 Å². The fourth-order valence-corrected chi connectivity index (χ4v) is 2.49. The van der Waals surface area contributed by atoms with Crippen molar-refractivity contribution in [1.29, 1.82) is 0 Å². The van der Waals surface area contributed by atoms with Crippen molar-refractivity contribution >= 4 is 39.5 Å². The molecule has 102 valence electrons. The molecule has 2 rings (SSSR count). The van der Waals surface area contributed by atoms with E-state index in [1.165, 1.54) is 0 Å². The van der Waals surface area contributed by atoms with Gasteiger partial charge >= 0.3 is 6.03 Å². The molecule has 1 saturated heterocycles. The van der Waals surface area contributed by atoms with E-state index in [2.05, 4.69) is 21.2 Å². The number of carbonyl (C=O) groups excluding carboxylic acids is 2. The Bertz CT molecular complexity index is 524. The zero-order valence-electron chi connectivity index (χ0n) is 10.2. The van der Waals surface area contributed by atoms with E-state index in [0.717, 1.165) is 4.90 Å².